The fourth-order valence-corrected chi connectivity index (χ4v) is 2.55. The van der Waals surface area contributed by atoms with Gasteiger partial charge in [0.1, 0.15) is 6.79 Å². The number of nitrogens with one attached hydrogen (secondary N) is 1. The maximum Gasteiger partial charge on any atom is 0.162 e. The summed E-state index contributed by atoms with van der Waals surface area (Å²) in [5.41, 5.74) is 2.12. The number of aliphatic hydroxyl groups excluding tert-OH is 2. The van der Waals surface area contributed by atoms with Crippen LogP contribution in [0.2, 0.25) is 0 Å². The number of aliphatic hydroxyl groups is 2. The van der Waals surface area contributed by atoms with Crippen LogP contribution in [0.3, 0.4) is 0 Å². The van der Waals surface area contributed by atoms with E-state index in [9.17, 15) is 4.79 Å². The molecule has 1 rings (SSSR count). The topological polar surface area (TPSA) is 86.6 Å². The quantitative estimate of drug-likeness (QED) is 0.336. The van der Waals surface area contributed by atoms with Crippen molar-refractivity contribution in [3.63, 3.8) is 0 Å². The van der Waals surface area contributed by atoms with Gasteiger partial charge < -0.3 is 20.3 Å². The molecule has 28 heavy (non-hydrogen) atoms. The van der Waals surface area contributed by atoms with E-state index >= 15 is 0 Å². The molecule has 0 spiro atoms. The monoisotopic (exact) mass is 397 g/mol. The van der Waals surface area contributed by atoms with Crippen molar-refractivity contribution in [2.24, 2.45) is 0 Å². The first kappa shape index (κ1) is 31.1. The van der Waals surface area contributed by atoms with Gasteiger partial charge in [0.15, 0.2) is 5.78 Å². The van der Waals surface area contributed by atoms with Gasteiger partial charge in [-0.1, -0.05) is 76.6 Å². The molecule has 5 nitrogen and oxygen atoms in total. The summed E-state index contributed by atoms with van der Waals surface area (Å²) in [6.45, 7) is 8.39. The molecule has 1 aromatic carbocycles. The first-order valence-electron chi connectivity index (χ1n) is 10.3. The highest BCUT2D eigenvalue weighted by atomic mass is 16.2. The van der Waals surface area contributed by atoms with E-state index in [0.29, 0.717) is 12.2 Å². The standard InChI is InChI=1S/C20H33NO.2CH4O.CH2O/c1-3-5-7-8-9-10-11-20(22)19-14-12-18(13-15-19)17-21-16-6-4-2;3*1-2/h12-15,21H,3-11,16-17H2,1-2H3;2*2H,1H3;1H2. The van der Waals surface area contributed by atoms with Gasteiger partial charge in [0.2, 0.25) is 0 Å². The van der Waals surface area contributed by atoms with E-state index in [4.69, 9.17) is 15.0 Å². The van der Waals surface area contributed by atoms with Gasteiger partial charge in [-0.25, -0.2) is 0 Å². The second-order valence-electron chi connectivity index (χ2n) is 6.17. The molecular formula is C23H43NO4. The minimum atomic E-state index is 0.293. The Morgan fingerprint density at radius 1 is 0.821 bits per heavy atom. The first-order chi connectivity index (χ1) is 13.8. The van der Waals surface area contributed by atoms with Crippen LogP contribution in [0.15, 0.2) is 24.3 Å². The molecule has 0 fully saturated rings. The van der Waals surface area contributed by atoms with E-state index < -0.39 is 0 Å². The number of rotatable bonds is 13. The third-order valence-electron chi connectivity index (χ3n) is 4.07. The third-order valence-corrected chi connectivity index (χ3v) is 4.07. The van der Waals surface area contributed by atoms with Gasteiger partial charge in [-0.2, -0.15) is 0 Å². The predicted molar refractivity (Wildman–Crippen MR) is 119 cm³/mol. The summed E-state index contributed by atoms with van der Waals surface area (Å²) in [5.74, 6) is 0.293. The van der Waals surface area contributed by atoms with Crippen molar-refractivity contribution in [1.29, 1.82) is 0 Å². The Kier molecular flexibility index (Phi) is 30.8. The molecule has 0 aliphatic heterocycles. The number of carbonyl (C=O) groups is 2. The molecule has 0 saturated heterocycles. The molecule has 1 aromatic rings. The molecule has 0 unspecified atom stereocenters. The van der Waals surface area contributed by atoms with Gasteiger partial charge in [0.25, 0.3) is 0 Å². The van der Waals surface area contributed by atoms with E-state index in [0.717, 1.165) is 39.3 Å². The van der Waals surface area contributed by atoms with E-state index in [-0.39, 0.29) is 0 Å². The Morgan fingerprint density at radius 2 is 1.32 bits per heavy atom. The molecule has 164 valence electrons. The second-order valence-corrected chi connectivity index (χ2v) is 6.17. The zero-order valence-electron chi connectivity index (χ0n) is 18.5. The summed E-state index contributed by atoms with van der Waals surface area (Å²) in [6.07, 6.45) is 10.5. The number of ketones is 1. The Morgan fingerprint density at radius 3 is 1.86 bits per heavy atom. The number of benzene rings is 1. The lowest BCUT2D eigenvalue weighted by molar-refractivity contribution is -0.0980. The molecule has 0 saturated carbocycles. The van der Waals surface area contributed by atoms with Crippen molar-refractivity contribution < 1.29 is 19.8 Å². The Labute approximate surface area is 172 Å². The number of hydrogen-bond acceptors (Lipinski definition) is 5. The molecule has 0 atom stereocenters. The lowest BCUT2D eigenvalue weighted by Gasteiger charge is -2.06. The summed E-state index contributed by atoms with van der Waals surface area (Å²) < 4.78 is 0. The smallest absolute Gasteiger partial charge is 0.162 e. The molecule has 0 amide bonds. The highest BCUT2D eigenvalue weighted by Crippen LogP contribution is 2.12. The van der Waals surface area contributed by atoms with E-state index in [1.165, 1.54) is 50.5 Å². The van der Waals surface area contributed by atoms with Crippen molar-refractivity contribution in [2.45, 2.75) is 78.2 Å². The van der Waals surface area contributed by atoms with Gasteiger partial charge in [-0.15, -0.1) is 0 Å². The molecule has 0 aromatic heterocycles. The fourth-order valence-electron chi connectivity index (χ4n) is 2.55. The lowest BCUT2D eigenvalue weighted by Crippen LogP contribution is -2.14. The zero-order chi connectivity index (χ0) is 22.0. The van der Waals surface area contributed by atoms with Crippen LogP contribution < -0.4 is 5.32 Å². The van der Waals surface area contributed by atoms with Crippen LogP contribution in [-0.2, 0) is 11.3 Å². The van der Waals surface area contributed by atoms with Crippen LogP contribution in [0.4, 0.5) is 0 Å². The van der Waals surface area contributed by atoms with E-state index in [1.54, 1.807) is 0 Å². The van der Waals surface area contributed by atoms with Crippen LogP contribution in [0, 0.1) is 0 Å². The maximum atomic E-state index is 12.1. The second kappa shape index (κ2) is 27.7. The highest BCUT2D eigenvalue weighted by molar-refractivity contribution is 5.96. The Balaban J connectivity index is -0.000000946. The number of Topliss-reactive ketones (excluding diaryl/α,β-unsaturated/α-hetero) is 1. The molecule has 0 radical (unpaired) electrons. The largest absolute Gasteiger partial charge is 0.400 e. The van der Waals surface area contributed by atoms with Gasteiger partial charge >= 0.3 is 0 Å². The van der Waals surface area contributed by atoms with Crippen molar-refractivity contribution in [3.05, 3.63) is 35.4 Å². The van der Waals surface area contributed by atoms with Crippen LogP contribution >= 0.6 is 0 Å². The average Bonchev–Trinajstić information content (AvgIpc) is 2.78. The minimum Gasteiger partial charge on any atom is -0.400 e. The van der Waals surface area contributed by atoms with Gasteiger partial charge in [0.05, 0.1) is 0 Å². The van der Waals surface area contributed by atoms with Crippen LogP contribution in [0.25, 0.3) is 0 Å². The first-order valence-corrected chi connectivity index (χ1v) is 10.3. The summed E-state index contributed by atoms with van der Waals surface area (Å²) >= 11 is 0. The van der Waals surface area contributed by atoms with Crippen molar-refractivity contribution in [2.75, 3.05) is 20.8 Å². The SMILES string of the molecule is C=O.CCCCCCCCC(=O)c1ccc(CNCCCC)cc1.CO.CO. The zero-order valence-corrected chi connectivity index (χ0v) is 18.5. The number of carbonyl (C=O) groups excluding carboxylic acids is 2. The summed E-state index contributed by atoms with van der Waals surface area (Å²) in [6, 6.07) is 8.12. The summed E-state index contributed by atoms with van der Waals surface area (Å²) in [7, 11) is 2.00. The van der Waals surface area contributed by atoms with E-state index in [1.807, 2.05) is 18.9 Å². The molecule has 0 aliphatic carbocycles. The van der Waals surface area contributed by atoms with Crippen LogP contribution in [0.1, 0.15) is 87.6 Å². The normalized spacial score (nSPS) is 9.07. The predicted octanol–water partition coefficient (Wildman–Crippen LogP) is 4.54. The maximum absolute atomic E-state index is 12.1. The van der Waals surface area contributed by atoms with Crippen molar-refractivity contribution >= 4 is 12.6 Å². The number of unbranched alkanes of at least 4 members (excludes halogenated alkanes) is 6. The molecule has 0 aliphatic rings. The van der Waals surface area contributed by atoms with Crippen LogP contribution in [0.5, 0.6) is 0 Å². The van der Waals surface area contributed by atoms with Gasteiger partial charge in [-0.05, 0) is 24.9 Å². The van der Waals surface area contributed by atoms with Gasteiger partial charge in [0, 0.05) is 32.7 Å². The van der Waals surface area contributed by atoms with Crippen molar-refractivity contribution in [3.8, 4) is 0 Å². The van der Waals surface area contributed by atoms with Crippen LogP contribution in [-0.4, -0.2) is 43.5 Å². The molecular weight excluding hydrogens is 354 g/mol. The van der Waals surface area contributed by atoms with Crippen molar-refractivity contribution in [1.82, 2.24) is 5.32 Å². The summed E-state index contributed by atoms with van der Waals surface area (Å²) in [4.78, 5) is 20.1. The molecule has 0 bridgehead atoms. The Hall–Kier alpha value is -1.56. The minimum absolute atomic E-state index is 0.293. The lowest BCUT2D eigenvalue weighted by atomic mass is 10.0. The molecule has 3 N–H and O–H groups in total. The highest BCUT2D eigenvalue weighted by Gasteiger charge is 2.05. The summed E-state index contributed by atoms with van der Waals surface area (Å²) in [5, 5.41) is 17.4. The van der Waals surface area contributed by atoms with Gasteiger partial charge in [-0.3, -0.25) is 4.79 Å². The molecule has 0 heterocycles. The Bertz CT molecular complexity index is 421. The van der Waals surface area contributed by atoms with E-state index in [2.05, 4.69) is 31.3 Å². The third kappa shape index (κ3) is 19.2. The molecule has 5 heteroatoms. The fraction of sp³-hybridized carbons (Fsp3) is 0.652. The average molecular weight is 398 g/mol. The number of hydrogen-bond donors (Lipinski definition) is 3.